The molecule has 1 fully saturated rings. The van der Waals surface area contributed by atoms with E-state index < -0.39 is 29.3 Å². The number of halogens is 2. The van der Waals surface area contributed by atoms with Crippen molar-refractivity contribution in [2.24, 2.45) is 0 Å². The number of benzene rings is 3. The molecule has 2 N–H and O–H groups in total. The molecular formula is C28H24ClFN4O5. The fourth-order valence-electron chi connectivity index (χ4n) is 4.59. The SMILES string of the molecule is COc1cc(OC)c(/C(O)=C2\C(=O)C(=O)N(c3nc4ccc(F)cc4[nH]3)C2c2ccc(N(C)C)cc2)cc1Cl. The van der Waals surface area contributed by atoms with Crippen LogP contribution in [0.3, 0.4) is 0 Å². The average molecular weight is 551 g/mol. The van der Waals surface area contributed by atoms with E-state index in [9.17, 15) is 19.1 Å². The largest absolute Gasteiger partial charge is 0.507 e. The lowest BCUT2D eigenvalue weighted by atomic mass is 9.94. The van der Waals surface area contributed by atoms with E-state index in [-0.39, 0.29) is 27.9 Å². The Morgan fingerprint density at radius 3 is 2.38 bits per heavy atom. The summed E-state index contributed by atoms with van der Waals surface area (Å²) < 4.78 is 24.5. The van der Waals surface area contributed by atoms with Gasteiger partial charge in [-0.15, -0.1) is 0 Å². The molecule has 0 saturated carbocycles. The molecule has 11 heteroatoms. The summed E-state index contributed by atoms with van der Waals surface area (Å²) in [4.78, 5) is 37.4. The second kappa shape index (κ2) is 9.95. The molecule has 200 valence electrons. The first-order valence-electron chi connectivity index (χ1n) is 11.8. The number of aliphatic hydroxyl groups is 1. The van der Waals surface area contributed by atoms with Gasteiger partial charge >= 0.3 is 5.91 Å². The Bertz CT molecular complexity index is 1650. The molecule has 0 bridgehead atoms. The van der Waals surface area contributed by atoms with Gasteiger partial charge in [-0.25, -0.2) is 9.37 Å². The van der Waals surface area contributed by atoms with Crippen LogP contribution < -0.4 is 19.3 Å². The maximum atomic E-state index is 13.9. The minimum absolute atomic E-state index is 0.0261. The van der Waals surface area contributed by atoms with Crippen LogP contribution in [-0.4, -0.2) is 55.1 Å². The molecule has 5 rings (SSSR count). The second-order valence-electron chi connectivity index (χ2n) is 9.06. The molecule has 1 unspecified atom stereocenters. The number of carbonyl (C=O) groups is 2. The number of hydrogen-bond acceptors (Lipinski definition) is 7. The summed E-state index contributed by atoms with van der Waals surface area (Å²) in [7, 11) is 6.59. The molecule has 1 atom stereocenters. The van der Waals surface area contributed by atoms with Gasteiger partial charge in [-0.3, -0.25) is 14.5 Å². The van der Waals surface area contributed by atoms with Crippen molar-refractivity contribution in [3.05, 3.63) is 82.1 Å². The Morgan fingerprint density at radius 1 is 1.05 bits per heavy atom. The number of fused-ring (bicyclic) bond motifs is 1. The molecule has 1 aliphatic rings. The van der Waals surface area contributed by atoms with Crippen molar-refractivity contribution in [2.45, 2.75) is 6.04 Å². The van der Waals surface area contributed by atoms with Crippen LogP contribution in [0.25, 0.3) is 16.8 Å². The molecule has 9 nitrogen and oxygen atoms in total. The van der Waals surface area contributed by atoms with E-state index in [1.54, 1.807) is 12.1 Å². The number of ketones is 1. The Labute approximate surface area is 228 Å². The molecule has 3 aromatic carbocycles. The van der Waals surface area contributed by atoms with E-state index in [0.717, 1.165) is 10.6 Å². The molecule has 1 amide bonds. The number of Topliss-reactive ketones (excluding diaryl/α,β-unsaturated/α-hetero) is 1. The van der Waals surface area contributed by atoms with Crippen molar-refractivity contribution in [1.29, 1.82) is 0 Å². The van der Waals surface area contributed by atoms with Gasteiger partial charge in [-0.1, -0.05) is 23.7 Å². The second-order valence-corrected chi connectivity index (χ2v) is 9.47. The van der Waals surface area contributed by atoms with Crippen molar-refractivity contribution in [2.75, 3.05) is 38.1 Å². The van der Waals surface area contributed by atoms with E-state index >= 15 is 0 Å². The highest BCUT2D eigenvalue weighted by atomic mass is 35.5. The molecule has 1 saturated heterocycles. The summed E-state index contributed by atoms with van der Waals surface area (Å²) in [5.41, 5.74) is 2.08. The summed E-state index contributed by atoms with van der Waals surface area (Å²) in [5, 5.41) is 11.7. The average Bonchev–Trinajstić information content (AvgIpc) is 3.45. The number of anilines is 2. The van der Waals surface area contributed by atoms with Gasteiger partial charge in [0, 0.05) is 25.8 Å². The van der Waals surface area contributed by atoms with Gasteiger partial charge in [0.15, 0.2) is 0 Å². The van der Waals surface area contributed by atoms with Gasteiger partial charge in [0.2, 0.25) is 5.95 Å². The van der Waals surface area contributed by atoms with Gasteiger partial charge < -0.3 is 24.5 Å². The van der Waals surface area contributed by atoms with Crippen LogP contribution in [-0.2, 0) is 9.59 Å². The van der Waals surface area contributed by atoms with Gasteiger partial charge in [0.25, 0.3) is 5.78 Å². The molecule has 39 heavy (non-hydrogen) atoms. The molecule has 0 spiro atoms. The summed E-state index contributed by atoms with van der Waals surface area (Å²) in [6, 6.07) is 12.9. The fourth-order valence-corrected chi connectivity index (χ4v) is 4.83. The highest BCUT2D eigenvalue weighted by molar-refractivity contribution is 6.51. The zero-order chi connectivity index (χ0) is 28.0. The molecule has 0 radical (unpaired) electrons. The van der Waals surface area contributed by atoms with Crippen molar-refractivity contribution >= 4 is 51.7 Å². The number of ether oxygens (including phenoxy) is 2. The van der Waals surface area contributed by atoms with Crippen LogP contribution in [0.2, 0.25) is 5.02 Å². The third-order valence-electron chi connectivity index (χ3n) is 6.56. The monoisotopic (exact) mass is 550 g/mol. The van der Waals surface area contributed by atoms with Crippen LogP contribution in [0, 0.1) is 5.82 Å². The number of aromatic amines is 1. The number of aromatic nitrogens is 2. The minimum Gasteiger partial charge on any atom is -0.507 e. The Hall–Kier alpha value is -4.57. The van der Waals surface area contributed by atoms with Crippen LogP contribution in [0.4, 0.5) is 16.0 Å². The van der Waals surface area contributed by atoms with Gasteiger partial charge in [-0.05, 0) is 42.0 Å². The lowest BCUT2D eigenvalue weighted by Gasteiger charge is -2.24. The number of methoxy groups -OCH3 is 2. The van der Waals surface area contributed by atoms with E-state index in [0.29, 0.717) is 22.3 Å². The molecule has 1 aliphatic heterocycles. The van der Waals surface area contributed by atoms with E-state index in [1.165, 1.54) is 44.6 Å². The smallest absolute Gasteiger partial charge is 0.302 e. The number of H-pyrrole nitrogens is 1. The third-order valence-corrected chi connectivity index (χ3v) is 6.85. The van der Waals surface area contributed by atoms with E-state index in [4.69, 9.17) is 21.1 Å². The Balaban J connectivity index is 1.75. The number of nitrogens with zero attached hydrogens (tertiary/aromatic N) is 3. The predicted molar refractivity (Wildman–Crippen MR) is 146 cm³/mol. The maximum Gasteiger partial charge on any atom is 0.302 e. The number of carbonyl (C=O) groups excluding carboxylic acids is 2. The first-order chi connectivity index (χ1) is 18.6. The highest BCUT2D eigenvalue weighted by Crippen LogP contribution is 2.44. The van der Waals surface area contributed by atoms with Crippen LogP contribution in [0.5, 0.6) is 11.5 Å². The Kier molecular flexibility index (Phi) is 6.65. The van der Waals surface area contributed by atoms with Crippen molar-refractivity contribution in [3.8, 4) is 11.5 Å². The lowest BCUT2D eigenvalue weighted by Crippen LogP contribution is -2.30. The zero-order valence-corrected chi connectivity index (χ0v) is 22.2. The normalized spacial score (nSPS) is 16.7. The number of aliphatic hydroxyl groups excluding tert-OH is 1. The summed E-state index contributed by atoms with van der Waals surface area (Å²) in [5.74, 6) is -2.32. The van der Waals surface area contributed by atoms with Crippen molar-refractivity contribution in [3.63, 3.8) is 0 Å². The molecule has 0 aliphatic carbocycles. The minimum atomic E-state index is -1.07. The molecular weight excluding hydrogens is 527 g/mol. The van der Waals surface area contributed by atoms with Crippen LogP contribution in [0.15, 0.2) is 60.2 Å². The summed E-state index contributed by atoms with van der Waals surface area (Å²) in [6.45, 7) is 0. The maximum absolute atomic E-state index is 13.9. The number of rotatable bonds is 6. The third kappa shape index (κ3) is 4.42. The number of imidazole rings is 1. The molecule has 2 heterocycles. The van der Waals surface area contributed by atoms with Crippen molar-refractivity contribution in [1.82, 2.24) is 9.97 Å². The van der Waals surface area contributed by atoms with Gasteiger partial charge in [-0.2, -0.15) is 0 Å². The highest BCUT2D eigenvalue weighted by Gasteiger charge is 2.48. The van der Waals surface area contributed by atoms with Crippen LogP contribution >= 0.6 is 11.6 Å². The van der Waals surface area contributed by atoms with E-state index in [1.807, 2.05) is 31.1 Å². The van der Waals surface area contributed by atoms with Crippen molar-refractivity contribution < 1.29 is 28.6 Å². The van der Waals surface area contributed by atoms with Crippen LogP contribution in [0.1, 0.15) is 17.2 Å². The fraction of sp³-hybridized carbons (Fsp3) is 0.179. The van der Waals surface area contributed by atoms with E-state index in [2.05, 4.69) is 9.97 Å². The molecule has 1 aromatic heterocycles. The van der Waals surface area contributed by atoms with Gasteiger partial charge in [0.1, 0.15) is 23.1 Å². The zero-order valence-electron chi connectivity index (χ0n) is 21.5. The number of nitrogens with one attached hydrogen (secondary N) is 1. The Morgan fingerprint density at radius 2 is 1.74 bits per heavy atom. The summed E-state index contributed by atoms with van der Waals surface area (Å²) in [6.07, 6.45) is 0. The first-order valence-corrected chi connectivity index (χ1v) is 12.2. The quantitative estimate of drug-likeness (QED) is 0.196. The number of amides is 1. The first kappa shape index (κ1) is 26.1. The predicted octanol–water partition coefficient (Wildman–Crippen LogP) is 5.06. The standard InChI is InChI=1S/C28H24ClFN4O5/c1-33(2)16-8-5-14(6-9-16)24-23(25(35)17-12-18(29)22(39-4)13-21(17)38-3)26(36)27(37)34(24)28-31-19-10-7-15(30)11-20(19)32-28/h5-13,24,35H,1-4H3,(H,31,32)/b25-23+. The lowest BCUT2D eigenvalue weighted by molar-refractivity contribution is -0.132. The summed E-state index contributed by atoms with van der Waals surface area (Å²) >= 11 is 6.33. The molecule has 4 aromatic rings. The van der Waals surface area contributed by atoms with Gasteiger partial charge in [0.05, 0.1) is 47.5 Å². The number of hydrogen-bond donors (Lipinski definition) is 2. The topological polar surface area (TPSA) is 108 Å².